The lowest BCUT2D eigenvalue weighted by molar-refractivity contribution is -0.383. The van der Waals surface area contributed by atoms with Gasteiger partial charge in [0, 0.05) is 18.6 Å². The maximum Gasteiger partial charge on any atom is 0.339 e. The number of anilines is 1. The molecule has 3 N–H and O–H groups in total. The standard InChI is InChI=1S/C11H12N2O6/c12-8-4-10(19-6-1-2-18-5-6)7(11(14)15)3-9(8)13(16)17/h3-4,6H,1-2,5,12H2,(H,14,15). The van der Waals surface area contributed by atoms with Gasteiger partial charge < -0.3 is 20.3 Å². The number of rotatable bonds is 4. The van der Waals surface area contributed by atoms with Gasteiger partial charge in [-0.3, -0.25) is 10.1 Å². The molecule has 1 aromatic rings. The molecule has 1 fully saturated rings. The molecular formula is C11H12N2O6. The highest BCUT2D eigenvalue weighted by Crippen LogP contribution is 2.32. The van der Waals surface area contributed by atoms with E-state index in [1.807, 2.05) is 0 Å². The number of nitrogen functional groups attached to an aromatic ring is 1. The fourth-order valence-corrected chi connectivity index (χ4v) is 1.79. The van der Waals surface area contributed by atoms with Crippen LogP contribution in [0.25, 0.3) is 0 Å². The molecule has 102 valence electrons. The van der Waals surface area contributed by atoms with E-state index in [1.54, 1.807) is 0 Å². The van der Waals surface area contributed by atoms with Crippen molar-refractivity contribution in [1.29, 1.82) is 0 Å². The van der Waals surface area contributed by atoms with Crippen molar-refractivity contribution >= 4 is 17.3 Å². The van der Waals surface area contributed by atoms with E-state index in [0.29, 0.717) is 19.6 Å². The lowest BCUT2D eigenvalue weighted by Gasteiger charge is -2.14. The van der Waals surface area contributed by atoms with Crippen LogP contribution in [0.4, 0.5) is 11.4 Å². The van der Waals surface area contributed by atoms with E-state index in [0.717, 1.165) is 6.07 Å². The van der Waals surface area contributed by atoms with Crippen molar-refractivity contribution in [3.63, 3.8) is 0 Å². The smallest absolute Gasteiger partial charge is 0.339 e. The molecule has 1 aromatic carbocycles. The van der Waals surface area contributed by atoms with E-state index in [4.69, 9.17) is 20.3 Å². The Bertz CT molecular complexity index is 524. The van der Waals surface area contributed by atoms with Gasteiger partial charge in [-0.25, -0.2) is 4.79 Å². The Morgan fingerprint density at radius 2 is 2.32 bits per heavy atom. The fraction of sp³-hybridized carbons (Fsp3) is 0.364. The van der Waals surface area contributed by atoms with Crippen LogP contribution in [0.2, 0.25) is 0 Å². The molecule has 19 heavy (non-hydrogen) atoms. The maximum absolute atomic E-state index is 11.1. The van der Waals surface area contributed by atoms with Crippen molar-refractivity contribution in [1.82, 2.24) is 0 Å². The average molecular weight is 268 g/mol. The lowest BCUT2D eigenvalue weighted by atomic mass is 10.1. The predicted molar refractivity (Wildman–Crippen MR) is 64.3 cm³/mol. The van der Waals surface area contributed by atoms with E-state index in [-0.39, 0.29) is 23.1 Å². The average Bonchev–Trinajstić information content (AvgIpc) is 2.81. The first-order chi connectivity index (χ1) is 8.99. The maximum atomic E-state index is 11.1. The summed E-state index contributed by atoms with van der Waals surface area (Å²) in [7, 11) is 0. The van der Waals surface area contributed by atoms with Crippen LogP contribution in [0.1, 0.15) is 16.8 Å². The van der Waals surface area contributed by atoms with E-state index in [2.05, 4.69) is 0 Å². The topological polar surface area (TPSA) is 125 Å². The zero-order chi connectivity index (χ0) is 14.0. The number of nitro groups is 1. The summed E-state index contributed by atoms with van der Waals surface area (Å²) in [4.78, 5) is 21.1. The van der Waals surface area contributed by atoms with Gasteiger partial charge in [-0.05, 0) is 0 Å². The summed E-state index contributed by atoms with van der Waals surface area (Å²) >= 11 is 0. The summed E-state index contributed by atoms with van der Waals surface area (Å²) in [5, 5.41) is 19.8. The van der Waals surface area contributed by atoms with Crippen LogP contribution in [0.15, 0.2) is 12.1 Å². The van der Waals surface area contributed by atoms with E-state index < -0.39 is 16.6 Å². The number of aromatic carboxylic acids is 1. The second-order valence-electron chi connectivity index (χ2n) is 4.07. The monoisotopic (exact) mass is 268 g/mol. The molecule has 0 bridgehead atoms. The number of nitro benzene ring substituents is 1. The molecule has 2 rings (SSSR count). The van der Waals surface area contributed by atoms with Crippen molar-refractivity contribution < 1.29 is 24.3 Å². The number of carboxylic acid groups (broad SMARTS) is 1. The minimum Gasteiger partial charge on any atom is -0.487 e. The van der Waals surface area contributed by atoms with Crippen LogP contribution in [-0.4, -0.2) is 35.3 Å². The second-order valence-corrected chi connectivity index (χ2v) is 4.07. The number of nitrogens with two attached hydrogens (primary N) is 1. The Morgan fingerprint density at radius 1 is 1.58 bits per heavy atom. The third-order valence-corrected chi connectivity index (χ3v) is 2.74. The first-order valence-corrected chi connectivity index (χ1v) is 5.54. The van der Waals surface area contributed by atoms with E-state index in [9.17, 15) is 14.9 Å². The highest BCUT2D eigenvalue weighted by molar-refractivity contribution is 5.93. The first-order valence-electron chi connectivity index (χ1n) is 5.54. The first kappa shape index (κ1) is 13.1. The molecule has 0 aliphatic carbocycles. The number of hydrogen-bond donors (Lipinski definition) is 2. The molecule has 8 nitrogen and oxygen atoms in total. The fourth-order valence-electron chi connectivity index (χ4n) is 1.79. The summed E-state index contributed by atoms with van der Waals surface area (Å²) in [5.41, 5.74) is 4.65. The molecule has 1 heterocycles. The Kier molecular flexibility index (Phi) is 3.52. The van der Waals surface area contributed by atoms with Crippen LogP contribution < -0.4 is 10.5 Å². The molecule has 1 atom stereocenters. The van der Waals surface area contributed by atoms with Gasteiger partial charge in [-0.1, -0.05) is 0 Å². The number of carboxylic acids is 1. The Morgan fingerprint density at radius 3 is 2.84 bits per heavy atom. The lowest BCUT2D eigenvalue weighted by Crippen LogP contribution is -2.18. The number of hydrogen-bond acceptors (Lipinski definition) is 6. The van der Waals surface area contributed by atoms with Gasteiger partial charge in [0.2, 0.25) is 0 Å². The Labute approximate surface area is 107 Å². The summed E-state index contributed by atoms with van der Waals surface area (Å²) < 4.78 is 10.6. The molecular weight excluding hydrogens is 256 g/mol. The van der Waals surface area contributed by atoms with Crippen molar-refractivity contribution in [2.45, 2.75) is 12.5 Å². The summed E-state index contributed by atoms with van der Waals surface area (Å²) in [6, 6.07) is 2.07. The summed E-state index contributed by atoms with van der Waals surface area (Å²) in [6.45, 7) is 0.894. The van der Waals surface area contributed by atoms with Crippen LogP contribution in [-0.2, 0) is 4.74 Å². The molecule has 1 aliphatic rings. The molecule has 8 heteroatoms. The minimum atomic E-state index is -1.31. The van der Waals surface area contributed by atoms with Crippen molar-refractivity contribution in [2.24, 2.45) is 0 Å². The third-order valence-electron chi connectivity index (χ3n) is 2.74. The van der Waals surface area contributed by atoms with Crippen LogP contribution in [0.3, 0.4) is 0 Å². The largest absolute Gasteiger partial charge is 0.487 e. The highest BCUT2D eigenvalue weighted by Gasteiger charge is 2.24. The number of nitrogens with zero attached hydrogens (tertiary/aromatic N) is 1. The van der Waals surface area contributed by atoms with Gasteiger partial charge >= 0.3 is 5.97 Å². The molecule has 1 unspecified atom stereocenters. The van der Waals surface area contributed by atoms with Crippen molar-refractivity contribution in [2.75, 3.05) is 18.9 Å². The van der Waals surface area contributed by atoms with Gasteiger partial charge in [0.1, 0.15) is 23.1 Å². The van der Waals surface area contributed by atoms with E-state index in [1.165, 1.54) is 6.07 Å². The molecule has 0 amide bonds. The van der Waals surface area contributed by atoms with Gasteiger partial charge in [0.05, 0.1) is 18.1 Å². The van der Waals surface area contributed by atoms with Crippen LogP contribution in [0, 0.1) is 10.1 Å². The van der Waals surface area contributed by atoms with Crippen LogP contribution in [0.5, 0.6) is 5.75 Å². The quantitative estimate of drug-likeness (QED) is 0.474. The van der Waals surface area contributed by atoms with Gasteiger partial charge in [0.15, 0.2) is 0 Å². The predicted octanol–water partition coefficient (Wildman–Crippen LogP) is 1.04. The zero-order valence-corrected chi connectivity index (χ0v) is 9.87. The van der Waals surface area contributed by atoms with Crippen molar-refractivity contribution in [3.8, 4) is 5.75 Å². The molecule has 1 aliphatic heterocycles. The third kappa shape index (κ3) is 2.74. The molecule has 0 aromatic heterocycles. The van der Waals surface area contributed by atoms with Crippen molar-refractivity contribution in [3.05, 3.63) is 27.8 Å². The number of benzene rings is 1. The SMILES string of the molecule is Nc1cc(OC2CCOC2)c(C(=O)O)cc1[N+](=O)[O-]. The van der Waals surface area contributed by atoms with Gasteiger partial charge in [-0.15, -0.1) is 0 Å². The molecule has 1 saturated heterocycles. The second kappa shape index (κ2) is 5.11. The molecule has 0 saturated carbocycles. The van der Waals surface area contributed by atoms with Gasteiger partial charge in [0.25, 0.3) is 5.69 Å². The Hall–Kier alpha value is -2.35. The molecule has 0 spiro atoms. The number of carbonyl (C=O) groups is 1. The summed E-state index contributed by atoms with van der Waals surface area (Å²) in [5.74, 6) is -1.29. The molecule has 0 radical (unpaired) electrons. The summed E-state index contributed by atoms with van der Waals surface area (Å²) in [6.07, 6.45) is 0.370. The number of ether oxygens (including phenoxy) is 2. The van der Waals surface area contributed by atoms with Crippen LogP contribution >= 0.6 is 0 Å². The zero-order valence-electron chi connectivity index (χ0n) is 9.87. The minimum absolute atomic E-state index is 0.0195. The highest BCUT2D eigenvalue weighted by atomic mass is 16.6. The Balaban J connectivity index is 2.38. The van der Waals surface area contributed by atoms with E-state index >= 15 is 0 Å². The normalized spacial score (nSPS) is 18.2. The van der Waals surface area contributed by atoms with Gasteiger partial charge in [-0.2, -0.15) is 0 Å².